The predicted molar refractivity (Wildman–Crippen MR) is 79.7 cm³/mol. The zero-order valence-corrected chi connectivity index (χ0v) is 12.5. The summed E-state index contributed by atoms with van der Waals surface area (Å²) in [7, 11) is 0. The standard InChI is InChI=1S/C17H27NO/c1-13-7-16(10-17(2,3)9-13)19-12-15-6-4-5-14(8-15)11-18/h4-6,8,13,16H,7,9-12,18H2,1-3H3. The number of benzene rings is 1. The fourth-order valence-corrected chi connectivity index (χ4v) is 3.45. The maximum atomic E-state index is 6.13. The lowest BCUT2D eigenvalue weighted by atomic mass is 9.71. The highest BCUT2D eigenvalue weighted by Gasteiger charge is 2.32. The molecule has 0 aliphatic heterocycles. The van der Waals surface area contributed by atoms with Crippen LogP contribution in [0.25, 0.3) is 0 Å². The van der Waals surface area contributed by atoms with E-state index in [1.807, 2.05) is 0 Å². The smallest absolute Gasteiger partial charge is 0.0720 e. The summed E-state index contributed by atoms with van der Waals surface area (Å²) in [6, 6.07) is 8.40. The van der Waals surface area contributed by atoms with Crippen molar-refractivity contribution >= 4 is 0 Å². The van der Waals surface area contributed by atoms with Crippen LogP contribution in [-0.2, 0) is 17.9 Å². The minimum absolute atomic E-state index is 0.403. The minimum atomic E-state index is 0.403. The summed E-state index contributed by atoms with van der Waals surface area (Å²) in [6.45, 7) is 8.36. The molecule has 1 aliphatic carbocycles. The molecule has 1 aromatic carbocycles. The molecule has 0 radical (unpaired) electrons. The Labute approximate surface area is 117 Å². The first kappa shape index (κ1) is 14.5. The van der Waals surface area contributed by atoms with Gasteiger partial charge in [0.2, 0.25) is 0 Å². The summed E-state index contributed by atoms with van der Waals surface area (Å²) in [5, 5.41) is 0. The normalized spacial score (nSPS) is 26.3. The van der Waals surface area contributed by atoms with Crippen LogP contribution in [0.3, 0.4) is 0 Å². The number of nitrogens with two attached hydrogens (primary N) is 1. The molecule has 0 saturated heterocycles. The van der Waals surface area contributed by atoms with Gasteiger partial charge in [-0.05, 0) is 41.7 Å². The zero-order valence-electron chi connectivity index (χ0n) is 12.5. The van der Waals surface area contributed by atoms with Crippen molar-refractivity contribution in [1.82, 2.24) is 0 Å². The second-order valence-electron chi connectivity index (χ2n) is 6.87. The molecule has 1 aliphatic rings. The summed E-state index contributed by atoms with van der Waals surface area (Å²) in [6.07, 6.45) is 4.09. The Morgan fingerprint density at radius 2 is 2.00 bits per heavy atom. The SMILES string of the molecule is CC1CC(OCc2cccc(CN)c2)CC(C)(C)C1. The van der Waals surface area contributed by atoms with Gasteiger partial charge in [0, 0.05) is 6.54 Å². The molecular weight excluding hydrogens is 234 g/mol. The van der Waals surface area contributed by atoms with Gasteiger partial charge < -0.3 is 10.5 Å². The van der Waals surface area contributed by atoms with Crippen LogP contribution in [0, 0.1) is 11.3 Å². The molecule has 2 rings (SSSR count). The molecule has 2 nitrogen and oxygen atoms in total. The fourth-order valence-electron chi connectivity index (χ4n) is 3.45. The maximum Gasteiger partial charge on any atom is 0.0720 e. The highest BCUT2D eigenvalue weighted by atomic mass is 16.5. The van der Waals surface area contributed by atoms with E-state index < -0.39 is 0 Å². The molecule has 106 valence electrons. The van der Waals surface area contributed by atoms with Crippen LogP contribution < -0.4 is 5.73 Å². The second-order valence-corrected chi connectivity index (χ2v) is 6.87. The molecule has 1 aromatic rings. The van der Waals surface area contributed by atoms with Gasteiger partial charge in [-0.1, -0.05) is 45.0 Å². The molecule has 2 heteroatoms. The number of hydrogen-bond acceptors (Lipinski definition) is 2. The summed E-state index contributed by atoms with van der Waals surface area (Å²) < 4.78 is 6.13. The van der Waals surface area contributed by atoms with Crippen molar-refractivity contribution in [3.63, 3.8) is 0 Å². The van der Waals surface area contributed by atoms with Crippen LogP contribution in [0.1, 0.15) is 51.2 Å². The lowest BCUT2D eigenvalue weighted by molar-refractivity contribution is -0.0316. The lowest BCUT2D eigenvalue weighted by Gasteiger charge is -2.38. The Morgan fingerprint density at radius 3 is 2.68 bits per heavy atom. The van der Waals surface area contributed by atoms with E-state index in [4.69, 9.17) is 10.5 Å². The highest BCUT2D eigenvalue weighted by molar-refractivity contribution is 5.22. The Balaban J connectivity index is 1.91. The third-order valence-electron chi connectivity index (χ3n) is 4.06. The van der Waals surface area contributed by atoms with Crippen molar-refractivity contribution in [3.05, 3.63) is 35.4 Å². The van der Waals surface area contributed by atoms with Crippen LogP contribution in [0.2, 0.25) is 0 Å². The zero-order chi connectivity index (χ0) is 13.9. The number of hydrogen-bond donors (Lipinski definition) is 1. The van der Waals surface area contributed by atoms with Crippen LogP contribution in [-0.4, -0.2) is 6.10 Å². The van der Waals surface area contributed by atoms with E-state index in [0.717, 1.165) is 5.92 Å². The van der Waals surface area contributed by atoms with Crippen molar-refractivity contribution in [3.8, 4) is 0 Å². The molecule has 19 heavy (non-hydrogen) atoms. The van der Waals surface area contributed by atoms with Crippen LogP contribution in [0.5, 0.6) is 0 Å². The Kier molecular flexibility index (Phi) is 4.64. The first-order chi connectivity index (χ1) is 8.98. The Morgan fingerprint density at radius 1 is 1.26 bits per heavy atom. The van der Waals surface area contributed by atoms with Crippen LogP contribution in [0.15, 0.2) is 24.3 Å². The molecule has 1 fully saturated rings. The molecule has 2 N–H and O–H groups in total. The van der Waals surface area contributed by atoms with E-state index in [9.17, 15) is 0 Å². The van der Waals surface area contributed by atoms with Crippen molar-refractivity contribution in [2.24, 2.45) is 17.1 Å². The molecule has 0 amide bonds. The maximum absolute atomic E-state index is 6.13. The molecule has 2 unspecified atom stereocenters. The Bertz CT molecular complexity index is 413. The van der Waals surface area contributed by atoms with Gasteiger partial charge in [0.1, 0.15) is 0 Å². The number of ether oxygens (including phenoxy) is 1. The molecular formula is C17H27NO. The predicted octanol–water partition coefficient (Wildman–Crippen LogP) is 3.88. The quantitative estimate of drug-likeness (QED) is 0.892. The minimum Gasteiger partial charge on any atom is -0.374 e. The van der Waals surface area contributed by atoms with Crippen LogP contribution in [0.4, 0.5) is 0 Å². The summed E-state index contributed by atoms with van der Waals surface area (Å²) in [5.41, 5.74) is 8.50. The molecule has 0 spiro atoms. The average Bonchev–Trinajstić information content (AvgIpc) is 2.34. The number of rotatable bonds is 4. The van der Waals surface area contributed by atoms with E-state index in [2.05, 4.69) is 45.0 Å². The van der Waals surface area contributed by atoms with Crippen molar-refractivity contribution in [1.29, 1.82) is 0 Å². The summed E-state index contributed by atoms with van der Waals surface area (Å²) in [4.78, 5) is 0. The molecule has 2 atom stereocenters. The molecule has 0 heterocycles. The van der Waals surface area contributed by atoms with E-state index in [1.54, 1.807) is 0 Å². The van der Waals surface area contributed by atoms with Gasteiger partial charge in [-0.25, -0.2) is 0 Å². The van der Waals surface area contributed by atoms with Gasteiger partial charge in [0.05, 0.1) is 12.7 Å². The summed E-state index contributed by atoms with van der Waals surface area (Å²) in [5.74, 6) is 0.768. The van der Waals surface area contributed by atoms with E-state index >= 15 is 0 Å². The van der Waals surface area contributed by atoms with Crippen LogP contribution >= 0.6 is 0 Å². The van der Waals surface area contributed by atoms with Gasteiger partial charge in [-0.15, -0.1) is 0 Å². The summed E-state index contributed by atoms with van der Waals surface area (Å²) >= 11 is 0. The topological polar surface area (TPSA) is 35.2 Å². The Hall–Kier alpha value is -0.860. The monoisotopic (exact) mass is 261 g/mol. The fraction of sp³-hybridized carbons (Fsp3) is 0.647. The second kappa shape index (κ2) is 6.06. The third-order valence-corrected chi connectivity index (χ3v) is 4.06. The largest absolute Gasteiger partial charge is 0.374 e. The van der Waals surface area contributed by atoms with Crippen molar-refractivity contribution < 1.29 is 4.74 Å². The molecule has 1 saturated carbocycles. The van der Waals surface area contributed by atoms with Gasteiger partial charge in [-0.3, -0.25) is 0 Å². The first-order valence-corrected chi connectivity index (χ1v) is 7.38. The highest BCUT2D eigenvalue weighted by Crippen LogP contribution is 2.39. The van der Waals surface area contributed by atoms with Gasteiger partial charge in [-0.2, -0.15) is 0 Å². The van der Waals surface area contributed by atoms with Gasteiger partial charge in [0.15, 0.2) is 0 Å². The van der Waals surface area contributed by atoms with Gasteiger partial charge >= 0.3 is 0 Å². The van der Waals surface area contributed by atoms with Crippen molar-refractivity contribution in [2.45, 2.75) is 59.3 Å². The van der Waals surface area contributed by atoms with Gasteiger partial charge in [0.25, 0.3) is 0 Å². The van der Waals surface area contributed by atoms with E-state index in [1.165, 1.54) is 30.4 Å². The third kappa shape index (κ3) is 4.32. The molecule has 0 bridgehead atoms. The van der Waals surface area contributed by atoms with Crippen molar-refractivity contribution in [2.75, 3.05) is 0 Å². The molecule has 0 aromatic heterocycles. The van der Waals surface area contributed by atoms with E-state index in [0.29, 0.717) is 24.7 Å². The first-order valence-electron chi connectivity index (χ1n) is 7.38. The average molecular weight is 261 g/mol. The van der Waals surface area contributed by atoms with E-state index in [-0.39, 0.29) is 0 Å². The lowest BCUT2D eigenvalue weighted by Crippen LogP contribution is -2.32.